The van der Waals surface area contributed by atoms with Crippen LogP contribution in [-0.2, 0) is 6.54 Å². The van der Waals surface area contributed by atoms with E-state index in [9.17, 15) is 0 Å². The van der Waals surface area contributed by atoms with Crippen molar-refractivity contribution < 1.29 is 14.2 Å². The summed E-state index contributed by atoms with van der Waals surface area (Å²) in [6.07, 6.45) is 2.03. The van der Waals surface area contributed by atoms with Crippen LogP contribution in [0.2, 0.25) is 0 Å². The van der Waals surface area contributed by atoms with Crippen LogP contribution < -0.4 is 19.9 Å². The summed E-state index contributed by atoms with van der Waals surface area (Å²) in [6, 6.07) is 11.5. The van der Waals surface area contributed by atoms with Crippen LogP contribution in [0.15, 0.2) is 41.3 Å². The van der Waals surface area contributed by atoms with Crippen LogP contribution in [0.3, 0.4) is 0 Å². The van der Waals surface area contributed by atoms with E-state index < -0.39 is 0 Å². The molecule has 3 rings (SSSR count). The summed E-state index contributed by atoms with van der Waals surface area (Å²) in [5.74, 6) is 2.94. The van der Waals surface area contributed by atoms with Crippen LogP contribution in [0.1, 0.15) is 5.56 Å². The van der Waals surface area contributed by atoms with Crippen molar-refractivity contribution in [3.05, 3.63) is 42.0 Å². The molecule has 5 heteroatoms. The van der Waals surface area contributed by atoms with Crippen molar-refractivity contribution in [1.29, 1.82) is 0 Å². The van der Waals surface area contributed by atoms with E-state index in [-0.39, 0.29) is 6.79 Å². The molecule has 0 saturated carbocycles. The second-order valence-electron chi connectivity index (χ2n) is 4.26. The maximum atomic E-state index is 5.94. The fourth-order valence-electron chi connectivity index (χ4n) is 2.10. The Bertz CT molecular complexity index is 631. The second-order valence-corrected chi connectivity index (χ2v) is 5.11. The van der Waals surface area contributed by atoms with Crippen LogP contribution in [0.5, 0.6) is 23.0 Å². The third-order valence-electron chi connectivity index (χ3n) is 3.09. The minimum atomic E-state index is 0.259. The highest BCUT2D eigenvalue weighted by molar-refractivity contribution is 7.98. The Morgan fingerprint density at radius 1 is 1.20 bits per heavy atom. The minimum Gasteiger partial charge on any atom is -0.457 e. The van der Waals surface area contributed by atoms with Gasteiger partial charge in [-0.25, -0.2) is 0 Å². The molecule has 0 atom stereocenters. The third-order valence-corrected chi connectivity index (χ3v) is 3.91. The topological polar surface area (TPSA) is 53.7 Å². The van der Waals surface area contributed by atoms with Crippen LogP contribution in [-0.4, -0.2) is 13.0 Å². The SMILES string of the molecule is CSc1cccc(Oc2ccc3c(c2)OCO3)c1CN. The number of nitrogens with two attached hydrogens (primary N) is 1. The lowest BCUT2D eigenvalue weighted by molar-refractivity contribution is 0.174. The Hall–Kier alpha value is -1.85. The Labute approximate surface area is 121 Å². The first-order chi connectivity index (χ1) is 9.81. The van der Waals surface area contributed by atoms with Crippen LogP contribution in [0.25, 0.3) is 0 Å². The largest absolute Gasteiger partial charge is 0.457 e. The first-order valence-corrected chi connectivity index (χ1v) is 7.47. The van der Waals surface area contributed by atoms with Crippen LogP contribution >= 0.6 is 11.8 Å². The predicted octanol–water partition coefficient (Wildman–Crippen LogP) is 3.39. The summed E-state index contributed by atoms with van der Waals surface area (Å²) < 4.78 is 16.6. The monoisotopic (exact) mass is 289 g/mol. The van der Waals surface area contributed by atoms with Gasteiger partial charge in [0.1, 0.15) is 11.5 Å². The van der Waals surface area contributed by atoms with Crippen LogP contribution in [0.4, 0.5) is 0 Å². The standard InChI is InChI=1S/C15H15NO3S/c1-20-15-4-2-3-12(11(15)8-16)19-10-5-6-13-14(7-10)18-9-17-13/h2-7H,8-9,16H2,1H3. The Morgan fingerprint density at radius 2 is 2.05 bits per heavy atom. The van der Waals surface area contributed by atoms with Gasteiger partial charge >= 0.3 is 0 Å². The van der Waals surface area contributed by atoms with Gasteiger partial charge in [-0.1, -0.05) is 6.07 Å². The molecule has 1 aliphatic rings. The number of ether oxygens (including phenoxy) is 3. The summed E-state index contributed by atoms with van der Waals surface area (Å²) in [6.45, 7) is 0.700. The van der Waals surface area contributed by atoms with E-state index in [1.807, 2.05) is 42.7 Å². The van der Waals surface area contributed by atoms with Gasteiger partial charge in [0.15, 0.2) is 11.5 Å². The molecule has 2 aromatic carbocycles. The second kappa shape index (κ2) is 5.64. The smallest absolute Gasteiger partial charge is 0.231 e. The van der Waals surface area contributed by atoms with Crippen molar-refractivity contribution in [3.8, 4) is 23.0 Å². The Kier molecular flexibility index (Phi) is 3.71. The molecule has 0 fully saturated rings. The van der Waals surface area contributed by atoms with Crippen molar-refractivity contribution in [3.63, 3.8) is 0 Å². The molecule has 0 spiro atoms. The first-order valence-electron chi connectivity index (χ1n) is 6.25. The van der Waals surface area contributed by atoms with E-state index in [2.05, 4.69) is 0 Å². The van der Waals surface area contributed by atoms with Crippen molar-refractivity contribution >= 4 is 11.8 Å². The zero-order chi connectivity index (χ0) is 13.9. The molecule has 0 aromatic heterocycles. The van der Waals surface area contributed by atoms with Gasteiger partial charge in [-0.15, -0.1) is 11.8 Å². The van der Waals surface area contributed by atoms with Gasteiger partial charge in [0.25, 0.3) is 0 Å². The molecule has 1 heterocycles. The highest BCUT2D eigenvalue weighted by Crippen LogP contribution is 2.38. The zero-order valence-electron chi connectivity index (χ0n) is 11.1. The molecule has 0 amide bonds. The molecule has 0 bridgehead atoms. The Balaban J connectivity index is 1.91. The summed E-state index contributed by atoms with van der Waals surface area (Å²) >= 11 is 1.66. The number of thioether (sulfide) groups is 1. The van der Waals surface area contributed by atoms with E-state index >= 15 is 0 Å². The van der Waals surface area contributed by atoms with Gasteiger partial charge in [-0.05, 0) is 30.5 Å². The lowest BCUT2D eigenvalue weighted by Gasteiger charge is -2.13. The number of rotatable bonds is 4. The average molecular weight is 289 g/mol. The number of fused-ring (bicyclic) bond motifs is 1. The summed E-state index contributed by atoms with van der Waals surface area (Å²) in [7, 11) is 0. The van der Waals surface area contributed by atoms with Crippen molar-refractivity contribution in [2.75, 3.05) is 13.0 Å². The van der Waals surface area contributed by atoms with E-state index in [4.69, 9.17) is 19.9 Å². The van der Waals surface area contributed by atoms with Gasteiger partial charge in [-0.2, -0.15) is 0 Å². The summed E-state index contributed by atoms with van der Waals surface area (Å²) in [5, 5.41) is 0. The molecule has 0 radical (unpaired) electrons. The fourth-order valence-corrected chi connectivity index (χ4v) is 2.75. The molecule has 0 saturated heterocycles. The lowest BCUT2D eigenvalue weighted by atomic mass is 10.2. The highest BCUT2D eigenvalue weighted by Gasteiger charge is 2.15. The van der Waals surface area contributed by atoms with Gasteiger partial charge in [0, 0.05) is 23.1 Å². The summed E-state index contributed by atoms with van der Waals surface area (Å²) in [5.41, 5.74) is 6.84. The fraction of sp³-hybridized carbons (Fsp3) is 0.200. The maximum absolute atomic E-state index is 5.94. The molecule has 20 heavy (non-hydrogen) atoms. The van der Waals surface area contributed by atoms with Crippen molar-refractivity contribution in [1.82, 2.24) is 0 Å². The van der Waals surface area contributed by atoms with Crippen LogP contribution in [0, 0.1) is 0 Å². The van der Waals surface area contributed by atoms with Gasteiger partial charge < -0.3 is 19.9 Å². The third kappa shape index (κ3) is 2.42. The molecule has 2 N–H and O–H groups in total. The van der Waals surface area contributed by atoms with Gasteiger partial charge in [-0.3, -0.25) is 0 Å². The molecule has 4 nitrogen and oxygen atoms in total. The molecule has 2 aromatic rings. The highest BCUT2D eigenvalue weighted by atomic mass is 32.2. The number of benzene rings is 2. The van der Waals surface area contributed by atoms with E-state index in [1.165, 1.54) is 0 Å². The molecular weight excluding hydrogens is 274 g/mol. The molecule has 0 aliphatic carbocycles. The quantitative estimate of drug-likeness (QED) is 0.874. The predicted molar refractivity (Wildman–Crippen MR) is 78.8 cm³/mol. The summed E-state index contributed by atoms with van der Waals surface area (Å²) in [4.78, 5) is 1.13. The van der Waals surface area contributed by atoms with E-state index in [0.29, 0.717) is 18.0 Å². The molecule has 0 unspecified atom stereocenters. The molecular formula is C15H15NO3S. The normalized spacial score (nSPS) is 12.5. The van der Waals surface area contributed by atoms with Crippen molar-refractivity contribution in [2.24, 2.45) is 5.73 Å². The molecule has 1 aliphatic heterocycles. The number of hydrogen-bond donors (Lipinski definition) is 1. The maximum Gasteiger partial charge on any atom is 0.231 e. The Morgan fingerprint density at radius 3 is 2.85 bits per heavy atom. The van der Waals surface area contributed by atoms with E-state index in [1.54, 1.807) is 11.8 Å². The molecule has 104 valence electrons. The van der Waals surface area contributed by atoms with Crippen molar-refractivity contribution in [2.45, 2.75) is 11.4 Å². The van der Waals surface area contributed by atoms with Gasteiger partial charge in [0.05, 0.1) is 0 Å². The van der Waals surface area contributed by atoms with E-state index in [0.717, 1.165) is 22.0 Å². The minimum absolute atomic E-state index is 0.259. The lowest BCUT2D eigenvalue weighted by Crippen LogP contribution is -2.01. The zero-order valence-corrected chi connectivity index (χ0v) is 11.9. The number of hydrogen-bond acceptors (Lipinski definition) is 5. The first kappa shape index (κ1) is 13.1. The average Bonchev–Trinajstić information content (AvgIpc) is 2.94. The van der Waals surface area contributed by atoms with Gasteiger partial charge in [0.2, 0.25) is 6.79 Å².